The van der Waals surface area contributed by atoms with Crippen molar-refractivity contribution >= 4 is 22.1 Å². The van der Waals surface area contributed by atoms with Crippen LogP contribution in [-0.2, 0) is 13.1 Å². The van der Waals surface area contributed by atoms with Gasteiger partial charge in [0.05, 0.1) is 25.9 Å². The zero-order chi connectivity index (χ0) is 28.6. The SMILES string of the molecule is C1=CC=CCC=C1.C=C/C(Br)=C\C=C\CC(c1ccc(OC)cc1)c1cn(CC2=CN(CC)CN=C2)c(CN)n1. The molecule has 4 rings (SSSR count). The third-order valence-corrected chi connectivity index (χ3v) is 6.99. The summed E-state index contributed by atoms with van der Waals surface area (Å²) in [6, 6.07) is 8.18. The Bertz CT molecular complexity index is 1280. The number of methoxy groups -OCH3 is 1. The van der Waals surface area contributed by atoms with Crippen molar-refractivity contribution in [1.82, 2.24) is 14.5 Å². The Morgan fingerprint density at radius 3 is 2.58 bits per heavy atom. The van der Waals surface area contributed by atoms with E-state index in [1.165, 1.54) is 5.56 Å². The van der Waals surface area contributed by atoms with Crippen LogP contribution in [0.3, 0.4) is 0 Å². The van der Waals surface area contributed by atoms with Crippen molar-refractivity contribution in [2.45, 2.75) is 38.8 Å². The third-order valence-electron chi connectivity index (χ3n) is 6.40. The number of halogens is 1. The predicted molar refractivity (Wildman–Crippen MR) is 172 cm³/mol. The molecule has 0 amide bonds. The van der Waals surface area contributed by atoms with E-state index >= 15 is 0 Å². The first-order chi connectivity index (χ1) is 19.6. The molecule has 1 aromatic heterocycles. The van der Waals surface area contributed by atoms with Crippen LogP contribution in [0.25, 0.3) is 0 Å². The van der Waals surface area contributed by atoms with Crippen LogP contribution in [0.2, 0.25) is 0 Å². The quantitative estimate of drug-likeness (QED) is 0.276. The lowest BCUT2D eigenvalue weighted by Crippen LogP contribution is -2.22. The van der Waals surface area contributed by atoms with E-state index in [1.54, 1.807) is 13.2 Å². The van der Waals surface area contributed by atoms with Gasteiger partial charge in [0, 0.05) is 41.1 Å². The van der Waals surface area contributed by atoms with Crippen LogP contribution in [0.4, 0.5) is 0 Å². The van der Waals surface area contributed by atoms with E-state index < -0.39 is 0 Å². The molecule has 1 unspecified atom stereocenters. The van der Waals surface area contributed by atoms with Crippen LogP contribution in [0.5, 0.6) is 5.75 Å². The molecule has 1 aliphatic heterocycles. The standard InChI is InChI=1S/C26H32BrN5O.C7H8/c1-4-22(27)8-6-7-9-24(21-10-12-23(33-3)13-11-21)25-18-32(26(14-28)30-25)17-20-15-29-19-31(5-2)16-20;1-2-4-6-7-5-3-1/h4,6-8,10-13,15-16,18,24H,1,5,9,14,17,19,28H2,2-3H3;1-6H,7H2/b7-6+,22-8+;. The van der Waals surface area contributed by atoms with Gasteiger partial charge >= 0.3 is 0 Å². The molecule has 40 heavy (non-hydrogen) atoms. The second-order valence-electron chi connectivity index (χ2n) is 9.20. The van der Waals surface area contributed by atoms with Gasteiger partial charge in [-0.05, 0) is 43.5 Å². The predicted octanol–water partition coefficient (Wildman–Crippen LogP) is 7.20. The van der Waals surface area contributed by atoms with Gasteiger partial charge in [-0.15, -0.1) is 0 Å². The topological polar surface area (TPSA) is 68.7 Å². The molecule has 0 radical (unpaired) electrons. The largest absolute Gasteiger partial charge is 0.497 e. The van der Waals surface area contributed by atoms with Crippen LogP contribution < -0.4 is 10.5 Å². The molecule has 2 aliphatic rings. The second kappa shape index (κ2) is 17.1. The molecule has 2 aromatic rings. The van der Waals surface area contributed by atoms with E-state index in [0.717, 1.165) is 46.7 Å². The molecule has 6 nitrogen and oxygen atoms in total. The van der Waals surface area contributed by atoms with E-state index in [4.69, 9.17) is 15.5 Å². The minimum Gasteiger partial charge on any atom is -0.497 e. The minimum atomic E-state index is 0.0933. The van der Waals surface area contributed by atoms with Gasteiger partial charge < -0.3 is 19.9 Å². The maximum atomic E-state index is 6.07. The molecular formula is C33H40BrN5O. The number of allylic oxidation sites excluding steroid dienone is 12. The van der Waals surface area contributed by atoms with Gasteiger partial charge in [0.1, 0.15) is 18.2 Å². The third kappa shape index (κ3) is 9.81. The minimum absolute atomic E-state index is 0.0933. The molecule has 2 N–H and O–H groups in total. The van der Waals surface area contributed by atoms with E-state index in [9.17, 15) is 0 Å². The van der Waals surface area contributed by atoms with Gasteiger partial charge in [0.2, 0.25) is 0 Å². The molecule has 0 fully saturated rings. The van der Waals surface area contributed by atoms with E-state index in [1.807, 2.05) is 42.7 Å². The number of benzene rings is 1. The van der Waals surface area contributed by atoms with Crippen molar-refractivity contribution in [3.8, 4) is 5.75 Å². The van der Waals surface area contributed by atoms with Crippen molar-refractivity contribution in [1.29, 1.82) is 0 Å². The van der Waals surface area contributed by atoms with Crippen LogP contribution in [0.1, 0.15) is 42.8 Å². The van der Waals surface area contributed by atoms with E-state index in [2.05, 4.69) is 98.8 Å². The van der Waals surface area contributed by atoms with Gasteiger partial charge in [-0.25, -0.2) is 4.98 Å². The lowest BCUT2D eigenvalue weighted by molar-refractivity contribution is 0.402. The summed E-state index contributed by atoms with van der Waals surface area (Å²) >= 11 is 3.46. The average Bonchev–Trinajstić information content (AvgIpc) is 3.17. The summed E-state index contributed by atoms with van der Waals surface area (Å²) in [5.41, 5.74) is 9.39. The molecule has 0 spiro atoms. The highest BCUT2D eigenvalue weighted by Crippen LogP contribution is 2.30. The van der Waals surface area contributed by atoms with E-state index in [-0.39, 0.29) is 5.92 Å². The highest BCUT2D eigenvalue weighted by atomic mass is 79.9. The molecule has 210 valence electrons. The highest BCUT2D eigenvalue weighted by molar-refractivity contribution is 9.11. The van der Waals surface area contributed by atoms with Crippen LogP contribution in [-0.4, -0.2) is 41.0 Å². The number of aliphatic imine (C=N–C) groups is 1. The molecule has 7 heteroatoms. The normalized spacial score (nSPS) is 15.4. The fourth-order valence-corrected chi connectivity index (χ4v) is 4.37. The number of ether oxygens (including phenoxy) is 1. The van der Waals surface area contributed by atoms with Crippen LogP contribution in [0, 0.1) is 0 Å². The molecule has 0 saturated heterocycles. The Balaban J connectivity index is 0.000000547. The van der Waals surface area contributed by atoms with Gasteiger partial charge in [-0.2, -0.15) is 0 Å². The first kappa shape index (κ1) is 30.9. The molecule has 1 atom stereocenters. The zero-order valence-corrected chi connectivity index (χ0v) is 25.1. The monoisotopic (exact) mass is 601 g/mol. The number of imidazole rings is 1. The van der Waals surface area contributed by atoms with Crippen molar-refractivity contribution < 1.29 is 4.74 Å². The van der Waals surface area contributed by atoms with Gasteiger partial charge in [0.25, 0.3) is 0 Å². The zero-order valence-electron chi connectivity index (χ0n) is 23.5. The van der Waals surface area contributed by atoms with E-state index in [0.29, 0.717) is 19.8 Å². The number of hydrogen-bond donors (Lipinski definition) is 1. The summed E-state index contributed by atoms with van der Waals surface area (Å²) in [4.78, 5) is 11.6. The molecule has 1 aliphatic carbocycles. The fraction of sp³-hybridized carbons (Fsp3) is 0.273. The Kier molecular flexibility index (Phi) is 13.2. The Morgan fingerprint density at radius 2 is 1.93 bits per heavy atom. The lowest BCUT2D eigenvalue weighted by Gasteiger charge is -2.21. The summed E-state index contributed by atoms with van der Waals surface area (Å²) in [5.74, 6) is 1.79. The Labute approximate surface area is 247 Å². The first-order valence-electron chi connectivity index (χ1n) is 13.6. The van der Waals surface area contributed by atoms with Crippen LogP contribution >= 0.6 is 15.9 Å². The lowest BCUT2D eigenvalue weighted by atomic mass is 9.92. The molecular weight excluding hydrogens is 562 g/mol. The van der Waals surface area contributed by atoms with Crippen molar-refractivity contribution in [2.75, 3.05) is 20.3 Å². The highest BCUT2D eigenvalue weighted by Gasteiger charge is 2.19. The number of aromatic nitrogens is 2. The molecule has 2 heterocycles. The number of nitrogens with zero attached hydrogens (tertiary/aromatic N) is 4. The number of hydrogen-bond acceptors (Lipinski definition) is 5. The van der Waals surface area contributed by atoms with Gasteiger partial charge in [-0.3, -0.25) is 4.99 Å². The maximum absolute atomic E-state index is 6.07. The number of nitrogens with two attached hydrogens (primary N) is 1. The van der Waals surface area contributed by atoms with Gasteiger partial charge in [-0.1, -0.05) is 89.3 Å². The van der Waals surface area contributed by atoms with Crippen LogP contribution in [0.15, 0.2) is 119 Å². The fourth-order valence-electron chi connectivity index (χ4n) is 4.21. The second-order valence-corrected chi connectivity index (χ2v) is 10.1. The summed E-state index contributed by atoms with van der Waals surface area (Å²) in [5, 5.41) is 0. The smallest absolute Gasteiger partial charge is 0.123 e. The molecule has 0 saturated carbocycles. The van der Waals surface area contributed by atoms with Crippen molar-refractivity contribution in [3.05, 3.63) is 131 Å². The van der Waals surface area contributed by atoms with Gasteiger partial charge in [0.15, 0.2) is 0 Å². The Hall–Kier alpha value is -3.68. The summed E-state index contributed by atoms with van der Waals surface area (Å²) in [6.07, 6.45) is 28.5. The average molecular weight is 603 g/mol. The maximum Gasteiger partial charge on any atom is 0.123 e. The van der Waals surface area contributed by atoms with Crippen molar-refractivity contribution in [3.63, 3.8) is 0 Å². The molecule has 0 bridgehead atoms. The summed E-state index contributed by atoms with van der Waals surface area (Å²) < 4.78 is 8.42. The Morgan fingerprint density at radius 1 is 1.18 bits per heavy atom. The molecule has 1 aromatic carbocycles. The first-order valence-corrected chi connectivity index (χ1v) is 14.3. The summed E-state index contributed by atoms with van der Waals surface area (Å²) in [7, 11) is 1.68. The van der Waals surface area contributed by atoms with Crippen molar-refractivity contribution in [2.24, 2.45) is 10.7 Å². The summed E-state index contributed by atoms with van der Waals surface area (Å²) in [6.45, 7) is 8.61. The number of rotatable bonds is 11.